The predicted octanol–water partition coefficient (Wildman–Crippen LogP) is 2.44. The van der Waals surface area contributed by atoms with E-state index in [2.05, 4.69) is 26.2 Å². The number of benzene rings is 1. The van der Waals surface area contributed by atoms with Crippen LogP contribution in [0.5, 0.6) is 0 Å². The Kier molecular flexibility index (Phi) is 4.46. The highest BCUT2D eigenvalue weighted by Gasteiger charge is 2.16. The number of rotatable bonds is 5. The van der Waals surface area contributed by atoms with Gasteiger partial charge in [-0.3, -0.25) is 10.1 Å². The summed E-state index contributed by atoms with van der Waals surface area (Å²) in [5.41, 5.74) is 1.23. The SMILES string of the molecule is CCC(O)c1cn(Cc2cccc([N+](=O)[O-])c2Br)nn1. The fourth-order valence-electron chi connectivity index (χ4n) is 1.76. The van der Waals surface area contributed by atoms with Crippen molar-refractivity contribution >= 4 is 21.6 Å². The molecule has 1 aromatic heterocycles. The predicted molar refractivity (Wildman–Crippen MR) is 75.2 cm³/mol. The van der Waals surface area contributed by atoms with Gasteiger partial charge >= 0.3 is 0 Å². The number of aliphatic hydroxyl groups is 1. The van der Waals surface area contributed by atoms with Gasteiger partial charge in [0.1, 0.15) is 10.2 Å². The maximum atomic E-state index is 10.9. The van der Waals surface area contributed by atoms with Gasteiger partial charge in [-0.25, -0.2) is 4.68 Å². The van der Waals surface area contributed by atoms with Crippen LogP contribution in [-0.4, -0.2) is 25.0 Å². The van der Waals surface area contributed by atoms with E-state index < -0.39 is 11.0 Å². The quantitative estimate of drug-likeness (QED) is 0.666. The molecule has 1 aromatic carbocycles. The van der Waals surface area contributed by atoms with Gasteiger partial charge in [-0.05, 0) is 27.9 Å². The zero-order valence-electron chi connectivity index (χ0n) is 10.7. The van der Waals surface area contributed by atoms with Crippen molar-refractivity contribution in [1.82, 2.24) is 15.0 Å². The van der Waals surface area contributed by atoms with Crippen LogP contribution >= 0.6 is 15.9 Å². The third-order valence-electron chi connectivity index (χ3n) is 2.87. The molecule has 0 fully saturated rings. The van der Waals surface area contributed by atoms with E-state index in [0.717, 1.165) is 5.56 Å². The molecule has 0 spiro atoms. The molecule has 1 atom stereocenters. The van der Waals surface area contributed by atoms with Crippen molar-refractivity contribution in [2.45, 2.75) is 26.0 Å². The zero-order chi connectivity index (χ0) is 14.7. The third kappa shape index (κ3) is 3.02. The van der Waals surface area contributed by atoms with Gasteiger partial charge < -0.3 is 5.11 Å². The van der Waals surface area contributed by atoms with Crippen LogP contribution in [0.1, 0.15) is 30.7 Å². The molecule has 8 heteroatoms. The van der Waals surface area contributed by atoms with Gasteiger partial charge in [-0.1, -0.05) is 24.3 Å². The zero-order valence-corrected chi connectivity index (χ0v) is 12.3. The van der Waals surface area contributed by atoms with Crippen molar-refractivity contribution in [3.63, 3.8) is 0 Å². The Balaban J connectivity index is 2.24. The van der Waals surface area contributed by atoms with Crippen LogP contribution in [0, 0.1) is 10.1 Å². The monoisotopic (exact) mass is 340 g/mol. The standard InChI is InChI=1S/C12H13BrN4O3/c1-2-11(18)9-7-16(15-14-9)6-8-4-3-5-10(12(8)13)17(19)20/h3-5,7,11,18H,2,6H2,1H3. The average molecular weight is 341 g/mol. The number of nitro groups is 1. The number of nitro benzene ring substituents is 1. The molecule has 0 aliphatic rings. The van der Waals surface area contributed by atoms with Crippen molar-refractivity contribution in [2.75, 3.05) is 0 Å². The van der Waals surface area contributed by atoms with Crippen molar-refractivity contribution in [3.8, 4) is 0 Å². The van der Waals surface area contributed by atoms with Crippen LogP contribution in [0.2, 0.25) is 0 Å². The summed E-state index contributed by atoms with van der Waals surface area (Å²) in [6.07, 6.45) is 1.55. The molecule has 2 rings (SSSR count). The van der Waals surface area contributed by atoms with E-state index in [1.54, 1.807) is 18.3 Å². The number of aromatic nitrogens is 3. The van der Waals surface area contributed by atoms with Crippen molar-refractivity contribution in [2.24, 2.45) is 0 Å². The first-order chi connectivity index (χ1) is 9.52. The van der Waals surface area contributed by atoms with Crippen LogP contribution in [0.4, 0.5) is 5.69 Å². The fourth-order valence-corrected chi connectivity index (χ4v) is 2.29. The lowest BCUT2D eigenvalue weighted by molar-refractivity contribution is -0.385. The largest absolute Gasteiger partial charge is 0.387 e. The van der Waals surface area contributed by atoms with Crippen LogP contribution < -0.4 is 0 Å². The van der Waals surface area contributed by atoms with Crippen molar-refractivity contribution in [3.05, 3.63) is 50.2 Å². The molecule has 0 radical (unpaired) electrons. The second kappa shape index (κ2) is 6.10. The minimum Gasteiger partial charge on any atom is -0.387 e. The topological polar surface area (TPSA) is 94.1 Å². The molecule has 1 unspecified atom stereocenters. The number of halogens is 1. The van der Waals surface area contributed by atoms with Crippen LogP contribution in [-0.2, 0) is 6.54 Å². The first kappa shape index (κ1) is 14.6. The van der Waals surface area contributed by atoms with Crippen molar-refractivity contribution < 1.29 is 10.0 Å². The minimum atomic E-state index is -0.641. The van der Waals surface area contributed by atoms with Gasteiger partial charge in [-0.2, -0.15) is 0 Å². The Morgan fingerprint density at radius 1 is 1.55 bits per heavy atom. The first-order valence-electron chi connectivity index (χ1n) is 6.02. The molecule has 0 saturated carbocycles. The Morgan fingerprint density at radius 3 is 2.95 bits per heavy atom. The summed E-state index contributed by atoms with van der Waals surface area (Å²) in [5.74, 6) is 0. The highest BCUT2D eigenvalue weighted by atomic mass is 79.9. The highest BCUT2D eigenvalue weighted by Crippen LogP contribution is 2.28. The van der Waals surface area contributed by atoms with E-state index in [4.69, 9.17) is 0 Å². The molecule has 0 amide bonds. The summed E-state index contributed by atoms with van der Waals surface area (Å²) in [5, 5.41) is 28.3. The number of hydrogen-bond acceptors (Lipinski definition) is 5. The molecule has 20 heavy (non-hydrogen) atoms. The van der Waals surface area contributed by atoms with Crippen LogP contribution in [0.25, 0.3) is 0 Å². The van der Waals surface area contributed by atoms with E-state index in [1.165, 1.54) is 10.7 Å². The number of aliphatic hydroxyl groups excluding tert-OH is 1. The summed E-state index contributed by atoms with van der Waals surface area (Å²) in [7, 11) is 0. The van der Waals surface area contributed by atoms with E-state index in [0.29, 0.717) is 23.1 Å². The molecule has 0 aliphatic heterocycles. The molecule has 0 bridgehead atoms. The van der Waals surface area contributed by atoms with Gasteiger partial charge in [0.2, 0.25) is 0 Å². The Hall–Kier alpha value is -1.80. The molecule has 0 saturated heterocycles. The lowest BCUT2D eigenvalue weighted by Crippen LogP contribution is -2.02. The molecule has 1 heterocycles. The summed E-state index contributed by atoms with van der Waals surface area (Å²) >= 11 is 3.24. The number of hydrogen-bond donors (Lipinski definition) is 1. The van der Waals surface area contributed by atoms with Gasteiger partial charge in [0, 0.05) is 6.07 Å². The van der Waals surface area contributed by atoms with Gasteiger partial charge in [-0.15, -0.1) is 5.10 Å². The number of nitrogens with zero attached hydrogens (tertiary/aromatic N) is 4. The molecule has 7 nitrogen and oxygen atoms in total. The Morgan fingerprint density at radius 2 is 2.30 bits per heavy atom. The lowest BCUT2D eigenvalue weighted by atomic mass is 10.2. The second-order valence-corrected chi connectivity index (χ2v) is 5.07. The lowest BCUT2D eigenvalue weighted by Gasteiger charge is -2.04. The van der Waals surface area contributed by atoms with E-state index >= 15 is 0 Å². The molecule has 1 N–H and O–H groups in total. The Bertz CT molecular complexity index is 629. The Labute approximate surface area is 123 Å². The van der Waals surface area contributed by atoms with E-state index in [9.17, 15) is 15.2 Å². The smallest absolute Gasteiger partial charge is 0.283 e. The van der Waals surface area contributed by atoms with Crippen LogP contribution in [0.3, 0.4) is 0 Å². The van der Waals surface area contributed by atoms with E-state index in [-0.39, 0.29) is 5.69 Å². The maximum Gasteiger partial charge on any atom is 0.283 e. The summed E-state index contributed by atoms with van der Waals surface area (Å²) in [6, 6.07) is 4.83. The van der Waals surface area contributed by atoms with Crippen LogP contribution in [0.15, 0.2) is 28.9 Å². The highest BCUT2D eigenvalue weighted by molar-refractivity contribution is 9.10. The molecular weight excluding hydrogens is 328 g/mol. The summed E-state index contributed by atoms with van der Waals surface area (Å²) < 4.78 is 1.97. The van der Waals surface area contributed by atoms with Gasteiger partial charge in [0.25, 0.3) is 5.69 Å². The second-order valence-electron chi connectivity index (χ2n) is 4.27. The summed E-state index contributed by atoms with van der Waals surface area (Å²) in [6.45, 7) is 2.19. The minimum absolute atomic E-state index is 0.0106. The third-order valence-corrected chi connectivity index (χ3v) is 3.79. The van der Waals surface area contributed by atoms with Crippen molar-refractivity contribution in [1.29, 1.82) is 0 Å². The normalized spacial score (nSPS) is 12.3. The van der Waals surface area contributed by atoms with Gasteiger partial charge in [0.05, 0.1) is 23.8 Å². The molecule has 2 aromatic rings. The summed E-state index contributed by atoms with van der Waals surface area (Å²) in [4.78, 5) is 10.4. The molecule has 0 aliphatic carbocycles. The molecule has 106 valence electrons. The van der Waals surface area contributed by atoms with Gasteiger partial charge in [0.15, 0.2) is 0 Å². The molecular formula is C12H13BrN4O3. The average Bonchev–Trinajstić information content (AvgIpc) is 2.88. The maximum absolute atomic E-state index is 10.9. The van der Waals surface area contributed by atoms with E-state index in [1.807, 2.05) is 6.92 Å². The first-order valence-corrected chi connectivity index (χ1v) is 6.82. The fraction of sp³-hybridized carbons (Fsp3) is 0.333.